The van der Waals surface area contributed by atoms with Crippen molar-refractivity contribution in [2.45, 2.75) is 38.1 Å². The van der Waals surface area contributed by atoms with E-state index in [9.17, 15) is 9.59 Å². The molecular weight excluding hydrogens is 376 g/mol. The zero-order chi connectivity index (χ0) is 19.5. The Kier molecular flexibility index (Phi) is 5.82. The maximum atomic E-state index is 11.9. The third-order valence-corrected chi connectivity index (χ3v) is 6.27. The molecular formula is C19H26N6O2S. The second-order valence-electron chi connectivity index (χ2n) is 7.46. The third kappa shape index (κ3) is 4.30. The molecule has 4 rings (SSSR count). The number of amides is 2. The maximum Gasteiger partial charge on any atom is 0.290 e. The Bertz CT molecular complexity index is 787. The zero-order valence-corrected chi connectivity index (χ0v) is 16.9. The first-order valence-electron chi connectivity index (χ1n) is 9.92. The van der Waals surface area contributed by atoms with Crippen molar-refractivity contribution in [1.29, 1.82) is 0 Å². The average molecular weight is 403 g/mol. The van der Waals surface area contributed by atoms with E-state index >= 15 is 0 Å². The first-order chi connectivity index (χ1) is 13.6. The van der Waals surface area contributed by atoms with E-state index in [0.717, 1.165) is 69.4 Å². The minimum Gasteiger partial charge on any atom is -0.356 e. The normalized spacial score (nSPS) is 24.5. The van der Waals surface area contributed by atoms with Gasteiger partial charge in [0, 0.05) is 38.8 Å². The van der Waals surface area contributed by atoms with Crippen molar-refractivity contribution in [3.63, 3.8) is 0 Å². The van der Waals surface area contributed by atoms with Crippen molar-refractivity contribution >= 4 is 40.8 Å². The van der Waals surface area contributed by atoms with Crippen LogP contribution in [-0.2, 0) is 4.79 Å². The lowest BCUT2D eigenvalue weighted by atomic mass is 10.1. The first-order valence-corrected chi connectivity index (χ1v) is 10.7. The Morgan fingerprint density at radius 3 is 2.71 bits per heavy atom. The van der Waals surface area contributed by atoms with Crippen LogP contribution in [-0.4, -0.2) is 60.4 Å². The second kappa shape index (κ2) is 8.48. The van der Waals surface area contributed by atoms with E-state index in [0.29, 0.717) is 22.6 Å². The number of hydrogen-bond donors (Lipinski definition) is 2. The molecule has 3 aliphatic heterocycles. The van der Waals surface area contributed by atoms with Gasteiger partial charge in [0.15, 0.2) is 0 Å². The topological polar surface area (TPSA) is 90.5 Å². The van der Waals surface area contributed by atoms with E-state index in [4.69, 9.17) is 9.97 Å². The summed E-state index contributed by atoms with van der Waals surface area (Å²) in [5, 5.41) is 5.39. The Hall–Kier alpha value is -2.13. The number of piperidine rings is 2. The Morgan fingerprint density at radius 1 is 1.21 bits per heavy atom. The highest BCUT2D eigenvalue weighted by Crippen LogP contribution is 2.28. The van der Waals surface area contributed by atoms with Crippen molar-refractivity contribution < 1.29 is 9.59 Å². The molecule has 3 fully saturated rings. The van der Waals surface area contributed by atoms with Crippen LogP contribution in [0, 0.1) is 0 Å². The molecule has 2 N–H and O–H groups in total. The Balaban J connectivity index is 1.67. The van der Waals surface area contributed by atoms with Crippen LogP contribution in [0.5, 0.6) is 0 Å². The van der Waals surface area contributed by atoms with Gasteiger partial charge in [-0.25, -0.2) is 4.98 Å². The van der Waals surface area contributed by atoms with Crippen molar-refractivity contribution in [1.82, 2.24) is 20.6 Å². The standard InChI is InChI=1S/C19H26N6O2S/c1-24(14-6-5-7-20-12-14)18-21-13(10-15-17(26)23-19(27)28-15)11-16(22-18)25-8-3-2-4-9-25/h10-11,14,20H,2-9,12H2,1H3,(H,23,26,27)/b15-10+. The van der Waals surface area contributed by atoms with E-state index in [-0.39, 0.29) is 11.1 Å². The van der Waals surface area contributed by atoms with Gasteiger partial charge in [-0.2, -0.15) is 4.98 Å². The summed E-state index contributed by atoms with van der Waals surface area (Å²) in [5.41, 5.74) is 0.661. The maximum absolute atomic E-state index is 11.9. The molecule has 3 aliphatic rings. The van der Waals surface area contributed by atoms with Crippen LogP contribution in [0.3, 0.4) is 0 Å². The predicted molar refractivity (Wildman–Crippen MR) is 111 cm³/mol. The minimum atomic E-state index is -0.362. The number of thioether (sulfide) groups is 1. The fraction of sp³-hybridized carbons (Fsp3) is 0.579. The van der Waals surface area contributed by atoms with Gasteiger partial charge < -0.3 is 15.1 Å². The molecule has 28 heavy (non-hydrogen) atoms. The fourth-order valence-corrected chi connectivity index (χ4v) is 4.51. The second-order valence-corrected chi connectivity index (χ2v) is 8.48. The summed E-state index contributed by atoms with van der Waals surface area (Å²) in [4.78, 5) is 37.8. The number of anilines is 2. The summed E-state index contributed by atoms with van der Waals surface area (Å²) in [6.07, 6.45) is 7.49. The lowest BCUT2D eigenvalue weighted by molar-refractivity contribution is -0.115. The SMILES string of the molecule is CN(c1nc(/C=C2/SC(=O)NC2=O)cc(N2CCCCC2)n1)C1CCCNC1. The number of imide groups is 1. The summed E-state index contributed by atoms with van der Waals surface area (Å²) in [6.45, 7) is 3.93. The van der Waals surface area contributed by atoms with Crippen LogP contribution in [0.15, 0.2) is 11.0 Å². The number of carbonyl (C=O) groups is 2. The third-order valence-electron chi connectivity index (χ3n) is 5.46. The van der Waals surface area contributed by atoms with Crippen LogP contribution in [0.2, 0.25) is 0 Å². The lowest BCUT2D eigenvalue weighted by Gasteiger charge is -2.33. The van der Waals surface area contributed by atoms with Gasteiger partial charge in [0.25, 0.3) is 11.1 Å². The van der Waals surface area contributed by atoms with Crippen molar-refractivity contribution in [2.75, 3.05) is 43.0 Å². The molecule has 0 saturated carbocycles. The predicted octanol–water partition coefficient (Wildman–Crippen LogP) is 1.98. The highest BCUT2D eigenvalue weighted by atomic mass is 32.2. The first kappa shape index (κ1) is 19.2. The van der Waals surface area contributed by atoms with Gasteiger partial charge in [0.1, 0.15) is 5.82 Å². The van der Waals surface area contributed by atoms with Gasteiger partial charge in [-0.3, -0.25) is 14.9 Å². The highest BCUT2D eigenvalue weighted by Gasteiger charge is 2.26. The summed E-state index contributed by atoms with van der Waals surface area (Å²) in [7, 11) is 2.03. The van der Waals surface area contributed by atoms with E-state index in [1.807, 2.05) is 13.1 Å². The molecule has 1 aromatic heterocycles. The Morgan fingerprint density at radius 2 is 2.04 bits per heavy atom. The van der Waals surface area contributed by atoms with E-state index in [1.165, 1.54) is 6.42 Å². The van der Waals surface area contributed by atoms with Gasteiger partial charge in [-0.15, -0.1) is 0 Å². The molecule has 0 radical (unpaired) electrons. The number of aromatic nitrogens is 2. The van der Waals surface area contributed by atoms with Crippen molar-refractivity contribution in [2.24, 2.45) is 0 Å². The molecule has 0 spiro atoms. The molecule has 0 bridgehead atoms. The Labute approximate surface area is 169 Å². The van der Waals surface area contributed by atoms with Crippen LogP contribution in [0.1, 0.15) is 37.8 Å². The molecule has 1 unspecified atom stereocenters. The number of rotatable bonds is 4. The number of carbonyl (C=O) groups excluding carboxylic acids is 2. The molecule has 3 saturated heterocycles. The number of hydrogen-bond acceptors (Lipinski definition) is 8. The molecule has 1 aromatic rings. The molecule has 150 valence electrons. The summed E-state index contributed by atoms with van der Waals surface area (Å²) in [6, 6.07) is 2.27. The quantitative estimate of drug-likeness (QED) is 0.739. The monoisotopic (exact) mass is 402 g/mol. The summed E-state index contributed by atoms with van der Waals surface area (Å²) >= 11 is 0.916. The molecule has 4 heterocycles. The van der Waals surface area contributed by atoms with Crippen molar-refractivity contribution in [3.05, 3.63) is 16.7 Å². The number of likely N-dealkylation sites (N-methyl/N-ethyl adjacent to an activating group) is 1. The molecule has 2 amide bonds. The van der Waals surface area contributed by atoms with Gasteiger partial charge in [-0.05, 0) is 56.5 Å². The van der Waals surface area contributed by atoms with Crippen LogP contribution in [0.4, 0.5) is 16.6 Å². The smallest absolute Gasteiger partial charge is 0.290 e. The molecule has 0 aliphatic carbocycles. The van der Waals surface area contributed by atoms with Crippen LogP contribution < -0.4 is 20.4 Å². The van der Waals surface area contributed by atoms with E-state index in [2.05, 4.69) is 20.4 Å². The van der Waals surface area contributed by atoms with Gasteiger partial charge in [-0.1, -0.05) is 0 Å². The van der Waals surface area contributed by atoms with E-state index in [1.54, 1.807) is 6.08 Å². The number of nitrogens with one attached hydrogen (secondary N) is 2. The number of nitrogens with zero attached hydrogens (tertiary/aromatic N) is 4. The van der Waals surface area contributed by atoms with Crippen LogP contribution in [0.25, 0.3) is 6.08 Å². The highest BCUT2D eigenvalue weighted by molar-refractivity contribution is 8.18. The fourth-order valence-electron chi connectivity index (χ4n) is 3.84. The van der Waals surface area contributed by atoms with Crippen molar-refractivity contribution in [3.8, 4) is 0 Å². The van der Waals surface area contributed by atoms with Gasteiger partial charge >= 0.3 is 0 Å². The lowest BCUT2D eigenvalue weighted by Crippen LogP contribution is -2.45. The van der Waals surface area contributed by atoms with E-state index < -0.39 is 0 Å². The van der Waals surface area contributed by atoms with Gasteiger partial charge in [0.05, 0.1) is 10.6 Å². The molecule has 8 nitrogen and oxygen atoms in total. The average Bonchev–Trinajstić information content (AvgIpc) is 3.05. The summed E-state index contributed by atoms with van der Waals surface area (Å²) in [5.74, 6) is 1.19. The molecule has 1 atom stereocenters. The van der Waals surface area contributed by atoms with Crippen LogP contribution >= 0.6 is 11.8 Å². The molecule has 0 aromatic carbocycles. The summed E-state index contributed by atoms with van der Waals surface area (Å²) < 4.78 is 0. The molecule has 9 heteroatoms. The van der Waals surface area contributed by atoms with Gasteiger partial charge in [0.2, 0.25) is 5.95 Å². The minimum absolute atomic E-state index is 0.341. The zero-order valence-electron chi connectivity index (χ0n) is 16.1. The largest absolute Gasteiger partial charge is 0.356 e.